The highest BCUT2D eigenvalue weighted by molar-refractivity contribution is 8.37. The van der Waals surface area contributed by atoms with Gasteiger partial charge in [0.15, 0.2) is 0 Å². The van der Waals surface area contributed by atoms with Crippen LogP contribution in [0.3, 0.4) is 0 Å². The molecule has 0 bridgehead atoms. The van der Waals surface area contributed by atoms with Gasteiger partial charge in [-0.1, -0.05) is 32.4 Å². The number of alkyl halides is 6. The Kier molecular flexibility index (Phi) is 5.48. The van der Waals surface area contributed by atoms with E-state index in [9.17, 15) is 34.8 Å². The molecule has 1 aromatic carbocycles. The van der Waals surface area contributed by atoms with E-state index < -0.39 is 41.2 Å². The molecule has 1 unspecified atom stereocenters. The second kappa shape index (κ2) is 6.75. The highest BCUT2D eigenvalue weighted by Gasteiger charge is 2.63. The van der Waals surface area contributed by atoms with Gasteiger partial charge in [-0.3, -0.25) is 0 Å². The van der Waals surface area contributed by atoms with Crippen molar-refractivity contribution in [2.75, 3.05) is 0 Å². The van der Waals surface area contributed by atoms with E-state index in [-0.39, 0.29) is 12.0 Å². The number of benzene rings is 1. The summed E-state index contributed by atoms with van der Waals surface area (Å²) < 4.78 is 107. The van der Waals surface area contributed by atoms with Crippen LogP contribution in [0.15, 0.2) is 28.0 Å². The first-order chi connectivity index (χ1) is 11.8. The Hall–Kier alpha value is -1.20. The second-order valence-electron chi connectivity index (χ2n) is 5.56. The average Bonchev–Trinajstić information content (AvgIpc) is 2.80. The number of rotatable bonds is 5. The summed E-state index contributed by atoms with van der Waals surface area (Å²) >= 11 is 0. The minimum atomic E-state index is -6.46. The molecule has 0 saturated carbocycles. The molecule has 148 valence electrons. The van der Waals surface area contributed by atoms with Crippen molar-refractivity contribution in [1.82, 2.24) is 0 Å². The summed E-state index contributed by atoms with van der Waals surface area (Å²) in [4.78, 5) is -1.07. The maximum atomic E-state index is 14.0. The number of aryl methyl sites for hydroxylation is 1. The zero-order valence-corrected chi connectivity index (χ0v) is 15.4. The third kappa shape index (κ3) is 3.36. The zero-order chi connectivity index (χ0) is 20.0. The van der Waals surface area contributed by atoms with Crippen molar-refractivity contribution >= 4 is 26.5 Å². The number of hydrogen-bond acceptors (Lipinski definition) is 3. The van der Waals surface area contributed by atoms with Crippen molar-refractivity contribution in [2.24, 2.45) is 0 Å². The summed E-state index contributed by atoms with van der Waals surface area (Å²) in [6.45, 7) is 3.10. The SMILES string of the molecule is CCCc1ccc2c(c1)S(OS(=O)(=O)C(F)(F)F)(C(F)(F)F)C(CC)=C2. The van der Waals surface area contributed by atoms with E-state index >= 15 is 0 Å². The molecule has 0 radical (unpaired) electrons. The summed E-state index contributed by atoms with van der Waals surface area (Å²) in [5.74, 6) is 0. The van der Waals surface area contributed by atoms with Crippen molar-refractivity contribution in [3.05, 3.63) is 34.2 Å². The van der Waals surface area contributed by atoms with Crippen molar-refractivity contribution in [1.29, 1.82) is 0 Å². The van der Waals surface area contributed by atoms with Crippen molar-refractivity contribution in [2.45, 2.75) is 49.0 Å². The molecule has 1 atom stereocenters. The molecule has 0 saturated heterocycles. The lowest BCUT2D eigenvalue weighted by Crippen LogP contribution is -2.32. The predicted octanol–water partition coefficient (Wildman–Crippen LogP) is 5.87. The van der Waals surface area contributed by atoms with E-state index in [4.69, 9.17) is 0 Å². The van der Waals surface area contributed by atoms with Crippen LogP contribution in [-0.2, 0) is 20.2 Å². The molecule has 0 N–H and O–H groups in total. The van der Waals surface area contributed by atoms with Crippen molar-refractivity contribution in [3.63, 3.8) is 0 Å². The van der Waals surface area contributed by atoms with Gasteiger partial charge < -0.3 is 0 Å². The quantitative estimate of drug-likeness (QED) is 0.440. The molecule has 1 aliphatic rings. The molecule has 26 heavy (non-hydrogen) atoms. The first-order valence-corrected chi connectivity index (χ1v) is 10.5. The van der Waals surface area contributed by atoms with Gasteiger partial charge in [0.1, 0.15) is 0 Å². The highest BCUT2D eigenvalue weighted by Crippen LogP contribution is 2.78. The molecule has 0 fully saturated rings. The summed E-state index contributed by atoms with van der Waals surface area (Å²) in [7, 11) is -11.3. The standard InChI is InChI=1S/C15H16F6O3S2/c1-3-5-10-6-7-11-9-12(4-2)25(13(11)8-10,14(16,17)18)24-26(22,23)15(19,20)21/h6-9H,3-5H2,1-2H3. The van der Waals surface area contributed by atoms with Crippen LogP contribution in [0, 0.1) is 0 Å². The Labute approximate surface area is 148 Å². The fraction of sp³-hybridized carbons (Fsp3) is 0.467. The molecule has 0 amide bonds. The first kappa shape index (κ1) is 21.1. The van der Waals surface area contributed by atoms with E-state index in [0.29, 0.717) is 18.4 Å². The molecule has 1 aliphatic heterocycles. The van der Waals surface area contributed by atoms with E-state index in [1.54, 1.807) is 13.0 Å². The molecule has 2 rings (SSSR count). The van der Waals surface area contributed by atoms with Gasteiger partial charge in [0, 0.05) is 20.1 Å². The van der Waals surface area contributed by atoms with Crippen molar-refractivity contribution < 1.29 is 38.4 Å². The maximum absolute atomic E-state index is 14.0. The number of allylic oxidation sites excluding steroid dienone is 1. The average molecular weight is 422 g/mol. The topological polar surface area (TPSA) is 43.4 Å². The normalized spacial score (nSPS) is 23.3. The van der Waals surface area contributed by atoms with Gasteiger partial charge in [0.05, 0.1) is 0 Å². The Morgan fingerprint density at radius 1 is 1.08 bits per heavy atom. The van der Waals surface area contributed by atoms with E-state index in [1.807, 2.05) is 0 Å². The van der Waals surface area contributed by atoms with Crippen LogP contribution in [0.1, 0.15) is 37.8 Å². The Morgan fingerprint density at radius 3 is 2.15 bits per heavy atom. The fourth-order valence-corrected chi connectivity index (χ4v) is 7.30. The lowest BCUT2D eigenvalue weighted by Gasteiger charge is -2.39. The third-order valence-corrected chi connectivity index (χ3v) is 8.63. The van der Waals surface area contributed by atoms with Crippen LogP contribution >= 0.6 is 10.3 Å². The number of halogens is 6. The van der Waals surface area contributed by atoms with Gasteiger partial charge in [0.25, 0.3) is 0 Å². The van der Waals surface area contributed by atoms with E-state index in [1.165, 1.54) is 13.0 Å². The zero-order valence-electron chi connectivity index (χ0n) is 13.7. The maximum Gasteiger partial charge on any atom is 0.523 e. The molecular weight excluding hydrogens is 406 g/mol. The second-order valence-corrected chi connectivity index (χ2v) is 10.0. The van der Waals surface area contributed by atoms with Crippen LogP contribution in [0.25, 0.3) is 6.08 Å². The molecular formula is C15H16F6O3S2. The minimum absolute atomic E-state index is 0.0198. The molecule has 1 heterocycles. The van der Waals surface area contributed by atoms with E-state index in [2.05, 4.69) is 3.63 Å². The molecule has 3 nitrogen and oxygen atoms in total. The van der Waals surface area contributed by atoms with Gasteiger partial charge >= 0.3 is 21.1 Å². The fourth-order valence-electron chi connectivity index (χ4n) is 2.66. The van der Waals surface area contributed by atoms with Crippen LogP contribution in [0.5, 0.6) is 0 Å². The van der Waals surface area contributed by atoms with Gasteiger partial charge in [-0.2, -0.15) is 38.4 Å². The van der Waals surface area contributed by atoms with Crippen molar-refractivity contribution in [3.8, 4) is 0 Å². The summed E-state index contributed by atoms with van der Waals surface area (Å²) in [6, 6.07) is 4.02. The van der Waals surface area contributed by atoms with Crippen LogP contribution in [-0.4, -0.2) is 19.4 Å². The minimum Gasteiger partial charge on any atom is -0.196 e. The summed E-state index contributed by atoms with van der Waals surface area (Å²) in [6.07, 6.45) is 1.76. The molecule has 0 aromatic heterocycles. The predicted molar refractivity (Wildman–Crippen MR) is 86.7 cm³/mol. The lowest BCUT2D eigenvalue weighted by molar-refractivity contribution is -0.0546. The molecule has 1 aromatic rings. The van der Waals surface area contributed by atoms with Gasteiger partial charge in [-0.15, -0.1) is 0 Å². The van der Waals surface area contributed by atoms with Gasteiger partial charge in [-0.25, -0.2) is 0 Å². The highest BCUT2D eigenvalue weighted by atomic mass is 32.3. The first-order valence-electron chi connectivity index (χ1n) is 7.55. The van der Waals surface area contributed by atoms with Gasteiger partial charge in [-0.05, 0) is 36.1 Å². The Morgan fingerprint density at radius 2 is 1.69 bits per heavy atom. The Bertz CT molecular complexity index is 827. The third-order valence-electron chi connectivity index (χ3n) is 3.76. The monoisotopic (exact) mass is 422 g/mol. The molecule has 0 spiro atoms. The molecule has 0 aliphatic carbocycles. The number of hydrogen-bond donors (Lipinski definition) is 0. The summed E-state index contributed by atoms with van der Waals surface area (Å²) in [5.41, 5.74) is -10.8. The van der Waals surface area contributed by atoms with Gasteiger partial charge in [0.2, 0.25) is 0 Å². The molecule has 11 heteroatoms. The Balaban J connectivity index is 2.77. The largest absolute Gasteiger partial charge is 0.523 e. The summed E-state index contributed by atoms with van der Waals surface area (Å²) in [5, 5.41) is 0. The van der Waals surface area contributed by atoms with Crippen LogP contribution in [0.4, 0.5) is 26.3 Å². The number of fused-ring (bicyclic) bond motifs is 1. The van der Waals surface area contributed by atoms with E-state index in [0.717, 1.165) is 12.1 Å². The van der Waals surface area contributed by atoms with Crippen LogP contribution in [0.2, 0.25) is 0 Å². The smallest absolute Gasteiger partial charge is 0.196 e. The van der Waals surface area contributed by atoms with Crippen LogP contribution < -0.4 is 0 Å². The lowest BCUT2D eigenvalue weighted by atomic mass is 10.1.